The van der Waals surface area contributed by atoms with Gasteiger partial charge in [0.1, 0.15) is 11.5 Å². The van der Waals surface area contributed by atoms with Crippen molar-refractivity contribution in [2.24, 2.45) is 0 Å². The van der Waals surface area contributed by atoms with Crippen LogP contribution in [0, 0.1) is 0 Å². The third kappa shape index (κ3) is 9.88. The van der Waals surface area contributed by atoms with E-state index in [-0.39, 0.29) is 24.2 Å². The molecular formula is C28H32O7. The molecule has 2 aromatic carbocycles. The maximum Gasteiger partial charge on any atom is 0.343 e. The average Bonchev–Trinajstić information content (AvgIpc) is 2.84. The van der Waals surface area contributed by atoms with Gasteiger partial charge in [0.05, 0.1) is 18.8 Å². The molecule has 0 aliphatic heterocycles. The van der Waals surface area contributed by atoms with Crippen LogP contribution in [0.1, 0.15) is 61.9 Å². The van der Waals surface area contributed by atoms with Crippen LogP contribution in [0.25, 0.3) is 6.08 Å². The van der Waals surface area contributed by atoms with Crippen LogP contribution in [-0.4, -0.2) is 36.2 Å². The summed E-state index contributed by atoms with van der Waals surface area (Å²) in [5.41, 5.74) is 1.33. The Hall–Kier alpha value is -3.87. The topological polar surface area (TPSA) is 99.1 Å². The molecule has 0 fully saturated rings. The highest BCUT2D eigenvalue weighted by molar-refractivity contribution is 5.93. The lowest BCUT2D eigenvalue weighted by Gasteiger charge is -2.08. The van der Waals surface area contributed by atoms with Gasteiger partial charge >= 0.3 is 17.9 Å². The molecule has 35 heavy (non-hydrogen) atoms. The van der Waals surface area contributed by atoms with Crippen LogP contribution in [0.5, 0.6) is 11.5 Å². The molecular weight excluding hydrogens is 448 g/mol. The number of esters is 2. The molecule has 2 rings (SSSR count). The van der Waals surface area contributed by atoms with E-state index in [0.717, 1.165) is 12.8 Å². The van der Waals surface area contributed by atoms with Gasteiger partial charge in [0.2, 0.25) is 0 Å². The Morgan fingerprint density at radius 1 is 0.914 bits per heavy atom. The maximum atomic E-state index is 12.4. The van der Waals surface area contributed by atoms with Gasteiger partial charge in [-0.2, -0.15) is 0 Å². The van der Waals surface area contributed by atoms with Gasteiger partial charge in [-0.3, -0.25) is 0 Å². The van der Waals surface area contributed by atoms with Crippen molar-refractivity contribution in [1.29, 1.82) is 0 Å². The molecule has 0 atom stereocenters. The quantitative estimate of drug-likeness (QED) is 0.157. The maximum absolute atomic E-state index is 12.4. The van der Waals surface area contributed by atoms with Crippen molar-refractivity contribution in [2.45, 2.75) is 46.0 Å². The second kappa shape index (κ2) is 14.4. The van der Waals surface area contributed by atoms with Gasteiger partial charge in [0.25, 0.3) is 0 Å². The minimum atomic E-state index is -1.11. The summed E-state index contributed by atoms with van der Waals surface area (Å²) in [4.78, 5) is 35.4. The molecule has 0 saturated heterocycles. The van der Waals surface area contributed by atoms with E-state index in [1.165, 1.54) is 25.8 Å². The summed E-state index contributed by atoms with van der Waals surface area (Å²) >= 11 is 0. The SMILES string of the molecule is C=C(C)C(=O)OCCC(=Cc1ccc(OC(=O)c2ccc(OCCCCCC)cc2)cc1)C(=O)O. The molecule has 0 unspecified atom stereocenters. The smallest absolute Gasteiger partial charge is 0.343 e. The highest BCUT2D eigenvalue weighted by Gasteiger charge is 2.11. The molecule has 0 heterocycles. The minimum absolute atomic E-state index is 0.0452. The van der Waals surface area contributed by atoms with Crippen molar-refractivity contribution in [3.05, 3.63) is 77.4 Å². The first-order valence-corrected chi connectivity index (χ1v) is 11.6. The third-order valence-corrected chi connectivity index (χ3v) is 5.02. The Kier molecular flexibility index (Phi) is 11.3. The predicted molar refractivity (Wildman–Crippen MR) is 133 cm³/mol. The molecule has 0 spiro atoms. The largest absolute Gasteiger partial charge is 0.494 e. The molecule has 1 N–H and O–H groups in total. The first kappa shape index (κ1) is 27.4. The van der Waals surface area contributed by atoms with Crippen molar-refractivity contribution in [3.63, 3.8) is 0 Å². The zero-order valence-electron chi connectivity index (χ0n) is 20.2. The Labute approximate surface area is 206 Å². The van der Waals surface area contributed by atoms with E-state index in [1.54, 1.807) is 48.5 Å². The molecule has 0 bridgehead atoms. The Bertz CT molecular complexity index is 1030. The molecule has 7 heteroatoms. The first-order chi connectivity index (χ1) is 16.8. The summed E-state index contributed by atoms with van der Waals surface area (Å²) in [5.74, 6) is -1.15. The van der Waals surface area contributed by atoms with Crippen LogP contribution in [-0.2, 0) is 14.3 Å². The van der Waals surface area contributed by atoms with Crippen LogP contribution in [0.15, 0.2) is 66.3 Å². The van der Waals surface area contributed by atoms with Crippen LogP contribution in [0.2, 0.25) is 0 Å². The summed E-state index contributed by atoms with van der Waals surface area (Å²) < 4.78 is 16.0. The summed E-state index contributed by atoms with van der Waals surface area (Å²) in [5, 5.41) is 9.41. The molecule has 0 aliphatic carbocycles. The third-order valence-electron chi connectivity index (χ3n) is 5.02. The Morgan fingerprint density at radius 2 is 1.57 bits per heavy atom. The summed E-state index contributed by atoms with van der Waals surface area (Å²) in [7, 11) is 0. The average molecular weight is 481 g/mol. The number of hydrogen-bond acceptors (Lipinski definition) is 6. The van der Waals surface area contributed by atoms with Crippen LogP contribution >= 0.6 is 0 Å². The Balaban J connectivity index is 1.91. The van der Waals surface area contributed by atoms with E-state index in [1.807, 2.05) is 0 Å². The van der Waals surface area contributed by atoms with E-state index in [0.29, 0.717) is 29.2 Å². The number of unbranched alkanes of at least 4 members (excludes halogenated alkanes) is 3. The highest BCUT2D eigenvalue weighted by Crippen LogP contribution is 2.19. The van der Waals surface area contributed by atoms with Gasteiger partial charge in [0, 0.05) is 17.6 Å². The lowest BCUT2D eigenvalue weighted by Crippen LogP contribution is -2.10. The highest BCUT2D eigenvalue weighted by atomic mass is 16.5. The number of benzene rings is 2. The van der Waals surface area contributed by atoms with E-state index >= 15 is 0 Å². The van der Waals surface area contributed by atoms with Crippen molar-refractivity contribution >= 4 is 24.0 Å². The zero-order chi connectivity index (χ0) is 25.6. The molecule has 7 nitrogen and oxygen atoms in total. The minimum Gasteiger partial charge on any atom is -0.494 e. The number of hydrogen-bond donors (Lipinski definition) is 1. The van der Waals surface area contributed by atoms with Crippen molar-refractivity contribution < 1.29 is 33.7 Å². The zero-order valence-corrected chi connectivity index (χ0v) is 20.2. The van der Waals surface area contributed by atoms with Gasteiger partial charge in [-0.15, -0.1) is 0 Å². The number of carboxylic acids is 1. The van der Waals surface area contributed by atoms with Gasteiger partial charge < -0.3 is 19.3 Å². The fourth-order valence-electron chi connectivity index (χ4n) is 3.02. The summed E-state index contributed by atoms with van der Waals surface area (Å²) in [6, 6.07) is 13.2. The van der Waals surface area contributed by atoms with E-state index in [2.05, 4.69) is 13.5 Å². The van der Waals surface area contributed by atoms with Crippen LogP contribution in [0.3, 0.4) is 0 Å². The van der Waals surface area contributed by atoms with Crippen LogP contribution in [0.4, 0.5) is 0 Å². The molecule has 0 aliphatic rings. The normalized spacial score (nSPS) is 11.0. The number of carbonyl (C=O) groups is 3. The summed E-state index contributed by atoms with van der Waals surface area (Å²) in [6.45, 7) is 7.74. The second-order valence-electron chi connectivity index (χ2n) is 8.03. The monoisotopic (exact) mass is 480 g/mol. The molecule has 0 saturated carbocycles. The number of rotatable bonds is 14. The fraction of sp³-hybridized carbons (Fsp3) is 0.321. The molecule has 0 radical (unpaired) electrons. The van der Waals surface area contributed by atoms with E-state index < -0.39 is 17.9 Å². The molecule has 2 aromatic rings. The van der Waals surface area contributed by atoms with E-state index in [9.17, 15) is 19.5 Å². The lowest BCUT2D eigenvalue weighted by molar-refractivity contribution is -0.139. The number of carbonyl (C=O) groups excluding carboxylic acids is 2. The second-order valence-corrected chi connectivity index (χ2v) is 8.03. The van der Waals surface area contributed by atoms with Crippen molar-refractivity contribution in [2.75, 3.05) is 13.2 Å². The molecule has 0 amide bonds. The fourth-order valence-corrected chi connectivity index (χ4v) is 3.02. The number of aliphatic carboxylic acids is 1. The van der Waals surface area contributed by atoms with Crippen molar-refractivity contribution in [1.82, 2.24) is 0 Å². The van der Waals surface area contributed by atoms with Crippen LogP contribution < -0.4 is 9.47 Å². The summed E-state index contributed by atoms with van der Waals surface area (Å²) in [6.07, 6.45) is 6.03. The standard InChI is InChI=1S/C28H32O7/c1-4-5-6-7-17-33-24-14-10-22(11-15-24)28(32)35-25-12-8-21(9-13-25)19-23(26(29)30)16-18-34-27(31)20(2)3/h8-15,19H,2,4-7,16-18H2,1,3H3,(H,29,30). The Morgan fingerprint density at radius 3 is 2.17 bits per heavy atom. The number of carboxylic acid groups (broad SMARTS) is 1. The molecule has 0 aromatic heterocycles. The van der Waals surface area contributed by atoms with E-state index in [4.69, 9.17) is 14.2 Å². The molecule has 186 valence electrons. The van der Waals surface area contributed by atoms with Crippen molar-refractivity contribution in [3.8, 4) is 11.5 Å². The predicted octanol–water partition coefficient (Wildman–Crippen LogP) is 5.84. The van der Waals surface area contributed by atoms with Gasteiger partial charge in [-0.05, 0) is 61.4 Å². The van der Waals surface area contributed by atoms with Gasteiger partial charge in [0.15, 0.2) is 0 Å². The lowest BCUT2D eigenvalue weighted by atomic mass is 10.1. The van der Waals surface area contributed by atoms with Gasteiger partial charge in [-0.1, -0.05) is 44.9 Å². The van der Waals surface area contributed by atoms with Gasteiger partial charge in [-0.25, -0.2) is 14.4 Å². The number of ether oxygens (including phenoxy) is 3. The first-order valence-electron chi connectivity index (χ1n) is 11.6.